The van der Waals surface area contributed by atoms with Gasteiger partial charge in [0.05, 0.1) is 7.11 Å². The molecule has 23 heavy (non-hydrogen) atoms. The van der Waals surface area contributed by atoms with Gasteiger partial charge in [0.1, 0.15) is 5.75 Å². The van der Waals surface area contributed by atoms with E-state index in [4.69, 9.17) is 4.74 Å². The Balaban J connectivity index is 1.62. The first kappa shape index (κ1) is 15.6. The van der Waals surface area contributed by atoms with Crippen molar-refractivity contribution < 1.29 is 9.53 Å². The molecule has 1 aromatic heterocycles. The van der Waals surface area contributed by atoms with Crippen LogP contribution in [0.2, 0.25) is 0 Å². The zero-order valence-corrected chi connectivity index (χ0v) is 13.8. The number of rotatable bonds is 5. The van der Waals surface area contributed by atoms with Gasteiger partial charge < -0.3 is 9.64 Å². The highest BCUT2D eigenvalue weighted by atomic mass is 16.5. The van der Waals surface area contributed by atoms with E-state index in [-0.39, 0.29) is 5.91 Å². The number of carbonyl (C=O) groups excluding carboxylic acids is 1. The zero-order chi connectivity index (χ0) is 16.2. The van der Waals surface area contributed by atoms with E-state index < -0.39 is 0 Å². The number of ether oxygens (including phenoxy) is 1. The quantitative estimate of drug-likeness (QED) is 0.923. The van der Waals surface area contributed by atoms with Crippen molar-refractivity contribution in [3.8, 4) is 5.75 Å². The molecule has 1 amide bonds. The highest BCUT2D eigenvalue weighted by molar-refractivity contribution is 5.93. The van der Waals surface area contributed by atoms with Crippen LogP contribution in [0.15, 0.2) is 24.3 Å². The van der Waals surface area contributed by atoms with Crippen LogP contribution >= 0.6 is 0 Å². The molecule has 0 atom stereocenters. The number of amides is 1. The van der Waals surface area contributed by atoms with Crippen molar-refractivity contribution in [2.45, 2.75) is 32.1 Å². The molecule has 1 N–H and O–H groups in total. The van der Waals surface area contributed by atoms with Crippen molar-refractivity contribution in [3.63, 3.8) is 0 Å². The topological polar surface area (TPSA) is 58.2 Å². The Bertz CT molecular complexity index is 676. The summed E-state index contributed by atoms with van der Waals surface area (Å²) in [6.07, 6.45) is 5.10. The molecule has 0 spiro atoms. The van der Waals surface area contributed by atoms with Gasteiger partial charge in [0, 0.05) is 24.8 Å². The molecule has 3 rings (SSSR count). The van der Waals surface area contributed by atoms with Crippen molar-refractivity contribution in [1.29, 1.82) is 0 Å². The number of benzene rings is 1. The molecule has 5 heteroatoms. The number of aromatic nitrogens is 2. The van der Waals surface area contributed by atoms with E-state index in [2.05, 4.69) is 10.2 Å². The van der Waals surface area contributed by atoms with Crippen LogP contribution in [-0.2, 0) is 19.3 Å². The summed E-state index contributed by atoms with van der Waals surface area (Å²) in [5.41, 5.74) is 4.06. The van der Waals surface area contributed by atoms with Crippen LogP contribution in [0.25, 0.3) is 0 Å². The van der Waals surface area contributed by atoms with Crippen LogP contribution in [-0.4, -0.2) is 41.7 Å². The molecule has 2 aromatic rings. The van der Waals surface area contributed by atoms with Crippen molar-refractivity contribution in [3.05, 3.63) is 46.8 Å². The molecule has 0 fully saturated rings. The lowest BCUT2D eigenvalue weighted by molar-refractivity contribution is 0.0789. The molecular formula is C18H23N3O2. The summed E-state index contributed by atoms with van der Waals surface area (Å²) < 4.78 is 5.16. The summed E-state index contributed by atoms with van der Waals surface area (Å²) in [5, 5.41) is 7.30. The Morgan fingerprint density at radius 3 is 2.74 bits per heavy atom. The van der Waals surface area contributed by atoms with Crippen LogP contribution in [0.3, 0.4) is 0 Å². The Morgan fingerprint density at radius 2 is 2.00 bits per heavy atom. The average molecular weight is 313 g/mol. The molecule has 0 saturated carbocycles. The number of fused-ring (bicyclic) bond motifs is 1. The molecule has 0 bridgehead atoms. The number of aromatic amines is 1. The third-order valence-electron chi connectivity index (χ3n) is 4.50. The summed E-state index contributed by atoms with van der Waals surface area (Å²) in [6, 6.07) is 7.96. The van der Waals surface area contributed by atoms with E-state index in [0.29, 0.717) is 12.2 Å². The van der Waals surface area contributed by atoms with E-state index in [1.54, 1.807) is 12.0 Å². The Kier molecular flexibility index (Phi) is 4.65. The normalized spacial score (nSPS) is 13.5. The van der Waals surface area contributed by atoms with E-state index in [1.165, 1.54) is 12.0 Å². The number of methoxy groups -OCH3 is 1. The molecule has 0 radical (unpaired) electrons. The van der Waals surface area contributed by atoms with Gasteiger partial charge in [-0.2, -0.15) is 5.10 Å². The molecule has 0 aliphatic heterocycles. The zero-order valence-electron chi connectivity index (χ0n) is 13.8. The van der Waals surface area contributed by atoms with Gasteiger partial charge in [-0.1, -0.05) is 12.1 Å². The lowest BCUT2D eigenvalue weighted by atomic mass is 9.95. The highest BCUT2D eigenvalue weighted by Crippen LogP contribution is 2.23. The van der Waals surface area contributed by atoms with E-state index in [9.17, 15) is 4.79 Å². The SMILES string of the molecule is COc1ccc(CCN(C)C(=O)c2n[nH]c3c2CCCC3)cc1. The first-order valence-electron chi connectivity index (χ1n) is 8.13. The molecule has 0 saturated heterocycles. The molecular weight excluding hydrogens is 290 g/mol. The predicted octanol–water partition coefficient (Wildman–Crippen LogP) is 2.61. The van der Waals surface area contributed by atoms with Gasteiger partial charge in [-0.25, -0.2) is 0 Å². The van der Waals surface area contributed by atoms with E-state index in [1.807, 2.05) is 31.3 Å². The first-order chi connectivity index (χ1) is 11.2. The van der Waals surface area contributed by atoms with Crippen molar-refractivity contribution in [2.75, 3.05) is 20.7 Å². The van der Waals surface area contributed by atoms with Gasteiger partial charge in [0.15, 0.2) is 5.69 Å². The average Bonchev–Trinajstić information content (AvgIpc) is 3.03. The number of nitrogens with zero attached hydrogens (tertiary/aromatic N) is 2. The Labute approximate surface area is 136 Å². The summed E-state index contributed by atoms with van der Waals surface area (Å²) in [7, 11) is 3.50. The minimum atomic E-state index is 0.0120. The van der Waals surface area contributed by atoms with Crippen LogP contribution in [0.5, 0.6) is 5.75 Å². The lowest BCUT2D eigenvalue weighted by Gasteiger charge is -2.18. The third-order valence-corrected chi connectivity index (χ3v) is 4.50. The number of carbonyl (C=O) groups is 1. The molecule has 0 unspecified atom stereocenters. The molecule has 5 nitrogen and oxygen atoms in total. The lowest BCUT2D eigenvalue weighted by Crippen LogP contribution is -2.30. The van der Waals surface area contributed by atoms with Crippen LogP contribution in [0, 0.1) is 0 Å². The second kappa shape index (κ2) is 6.86. The fourth-order valence-electron chi connectivity index (χ4n) is 3.03. The summed E-state index contributed by atoms with van der Waals surface area (Å²) in [5.74, 6) is 0.860. The van der Waals surface area contributed by atoms with Gasteiger partial charge in [-0.3, -0.25) is 9.89 Å². The maximum absolute atomic E-state index is 12.6. The minimum Gasteiger partial charge on any atom is -0.497 e. The maximum atomic E-state index is 12.6. The number of hydrogen-bond acceptors (Lipinski definition) is 3. The number of aryl methyl sites for hydroxylation is 1. The summed E-state index contributed by atoms with van der Waals surface area (Å²) in [6.45, 7) is 0.673. The van der Waals surface area contributed by atoms with Crippen LogP contribution in [0.4, 0.5) is 0 Å². The molecule has 1 aromatic carbocycles. The summed E-state index contributed by atoms with van der Waals surface area (Å²) >= 11 is 0. The van der Waals surface area contributed by atoms with Gasteiger partial charge in [0.2, 0.25) is 0 Å². The van der Waals surface area contributed by atoms with Crippen molar-refractivity contribution in [2.24, 2.45) is 0 Å². The Hall–Kier alpha value is -2.30. The second-order valence-electron chi connectivity index (χ2n) is 6.06. The number of likely N-dealkylation sites (N-methyl/N-ethyl adjacent to an activating group) is 1. The first-order valence-corrected chi connectivity index (χ1v) is 8.13. The van der Waals surface area contributed by atoms with Gasteiger partial charge in [0.25, 0.3) is 5.91 Å². The van der Waals surface area contributed by atoms with Gasteiger partial charge in [-0.15, -0.1) is 0 Å². The van der Waals surface area contributed by atoms with Crippen molar-refractivity contribution >= 4 is 5.91 Å². The predicted molar refractivity (Wildman–Crippen MR) is 88.9 cm³/mol. The number of H-pyrrole nitrogens is 1. The van der Waals surface area contributed by atoms with Crippen molar-refractivity contribution in [1.82, 2.24) is 15.1 Å². The van der Waals surface area contributed by atoms with Crippen LogP contribution in [0.1, 0.15) is 40.2 Å². The standard InChI is InChI=1S/C18H23N3O2/c1-21(12-11-13-7-9-14(23-2)10-8-13)18(22)17-15-5-3-4-6-16(15)19-20-17/h7-10H,3-6,11-12H2,1-2H3,(H,19,20). The minimum absolute atomic E-state index is 0.0120. The fraction of sp³-hybridized carbons (Fsp3) is 0.444. The largest absolute Gasteiger partial charge is 0.497 e. The summed E-state index contributed by atoms with van der Waals surface area (Å²) in [4.78, 5) is 14.4. The molecule has 122 valence electrons. The molecule has 1 aliphatic rings. The van der Waals surface area contributed by atoms with Crippen LogP contribution < -0.4 is 4.74 Å². The van der Waals surface area contributed by atoms with Gasteiger partial charge >= 0.3 is 0 Å². The fourth-order valence-corrected chi connectivity index (χ4v) is 3.03. The van der Waals surface area contributed by atoms with E-state index >= 15 is 0 Å². The van der Waals surface area contributed by atoms with E-state index in [0.717, 1.165) is 42.7 Å². The number of hydrogen-bond donors (Lipinski definition) is 1. The Morgan fingerprint density at radius 1 is 1.26 bits per heavy atom. The molecule has 1 aliphatic carbocycles. The second-order valence-corrected chi connectivity index (χ2v) is 6.06. The maximum Gasteiger partial charge on any atom is 0.274 e. The third kappa shape index (κ3) is 3.38. The number of nitrogens with one attached hydrogen (secondary N) is 1. The highest BCUT2D eigenvalue weighted by Gasteiger charge is 2.23. The smallest absolute Gasteiger partial charge is 0.274 e. The molecule has 1 heterocycles. The monoisotopic (exact) mass is 313 g/mol. The van der Waals surface area contributed by atoms with Gasteiger partial charge in [-0.05, 0) is 49.8 Å².